The fourth-order valence-corrected chi connectivity index (χ4v) is 3.77. The van der Waals surface area contributed by atoms with Crippen molar-refractivity contribution in [1.82, 2.24) is 0 Å². The van der Waals surface area contributed by atoms with Gasteiger partial charge in [0, 0.05) is 5.30 Å². The smallest absolute Gasteiger partial charge is 0.313 e. The number of carbonyl (C=O) groups is 2. The van der Waals surface area contributed by atoms with Crippen molar-refractivity contribution in [2.45, 2.75) is 0 Å². The van der Waals surface area contributed by atoms with Crippen LogP contribution in [0.1, 0.15) is 0 Å². The van der Waals surface area contributed by atoms with Crippen LogP contribution in [0.15, 0.2) is 30.3 Å². The van der Waals surface area contributed by atoms with Gasteiger partial charge in [0.1, 0.15) is 19.5 Å². The molecule has 1 aromatic carbocycles. The van der Waals surface area contributed by atoms with E-state index in [1.165, 1.54) is 14.2 Å². The molecule has 98 valence electrons. The summed E-state index contributed by atoms with van der Waals surface area (Å²) < 4.78 is 21.8. The molecular weight excluding hydrogens is 255 g/mol. The van der Waals surface area contributed by atoms with Gasteiger partial charge >= 0.3 is 11.9 Å². The Hall–Kier alpha value is -1.61. The number of benzene rings is 1. The molecule has 0 radical (unpaired) electrons. The topological polar surface area (TPSA) is 69.7 Å². The van der Waals surface area contributed by atoms with Crippen LogP contribution in [-0.4, -0.2) is 38.5 Å². The van der Waals surface area contributed by atoms with Gasteiger partial charge in [0.25, 0.3) is 0 Å². The molecule has 0 fully saturated rings. The van der Waals surface area contributed by atoms with Crippen molar-refractivity contribution in [3.63, 3.8) is 0 Å². The normalized spacial score (nSPS) is 10.8. The first-order chi connectivity index (χ1) is 8.51. The maximum atomic E-state index is 12.8. The molecular formula is C12H15O5P. The summed E-state index contributed by atoms with van der Waals surface area (Å²) in [5.74, 6) is -1.21. The van der Waals surface area contributed by atoms with Crippen molar-refractivity contribution < 1.29 is 23.6 Å². The van der Waals surface area contributed by atoms with E-state index in [9.17, 15) is 14.2 Å². The molecule has 0 aliphatic rings. The van der Waals surface area contributed by atoms with E-state index < -0.39 is 19.1 Å². The van der Waals surface area contributed by atoms with Crippen molar-refractivity contribution in [2.75, 3.05) is 26.5 Å². The Labute approximate surface area is 105 Å². The number of esters is 2. The van der Waals surface area contributed by atoms with E-state index in [0.29, 0.717) is 5.30 Å². The van der Waals surface area contributed by atoms with Crippen LogP contribution in [0.4, 0.5) is 0 Å². The second kappa shape index (κ2) is 6.36. The van der Waals surface area contributed by atoms with E-state index in [4.69, 9.17) is 0 Å². The summed E-state index contributed by atoms with van der Waals surface area (Å²) in [6, 6.07) is 8.44. The lowest BCUT2D eigenvalue weighted by atomic mass is 10.4. The zero-order chi connectivity index (χ0) is 13.6. The van der Waals surface area contributed by atoms with Crippen LogP contribution in [0.2, 0.25) is 0 Å². The summed E-state index contributed by atoms with van der Waals surface area (Å²) in [6.07, 6.45) is -0.606. The highest BCUT2D eigenvalue weighted by Gasteiger charge is 2.31. The molecule has 0 atom stereocenters. The number of ether oxygens (including phenoxy) is 2. The molecule has 1 aromatic rings. The molecule has 0 spiro atoms. The third-order valence-corrected chi connectivity index (χ3v) is 5.23. The van der Waals surface area contributed by atoms with Gasteiger partial charge in [-0.2, -0.15) is 0 Å². The lowest BCUT2D eigenvalue weighted by Gasteiger charge is -2.16. The Bertz CT molecular complexity index is 447. The van der Waals surface area contributed by atoms with Gasteiger partial charge in [0.2, 0.25) is 0 Å². The van der Waals surface area contributed by atoms with Gasteiger partial charge in [-0.25, -0.2) is 0 Å². The minimum atomic E-state index is -3.17. The molecule has 0 aliphatic heterocycles. The SMILES string of the molecule is COC(=O)CP(=O)(CC(=O)OC)c1ccccc1. The zero-order valence-corrected chi connectivity index (χ0v) is 11.2. The van der Waals surface area contributed by atoms with Gasteiger partial charge in [-0.1, -0.05) is 30.3 Å². The minimum Gasteiger partial charge on any atom is -0.469 e. The van der Waals surface area contributed by atoms with E-state index in [1.54, 1.807) is 30.3 Å². The first kappa shape index (κ1) is 14.5. The largest absolute Gasteiger partial charge is 0.469 e. The molecule has 1 rings (SSSR count). The van der Waals surface area contributed by atoms with E-state index in [0.717, 1.165) is 0 Å². The third-order valence-electron chi connectivity index (χ3n) is 2.45. The first-order valence-corrected chi connectivity index (χ1v) is 7.37. The zero-order valence-electron chi connectivity index (χ0n) is 10.3. The second-order valence-corrected chi connectivity index (χ2v) is 6.62. The number of carbonyl (C=O) groups excluding carboxylic acids is 2. The first-order valence-electron chi connectivity index (χ1n) is 5.29. The highest BCUT2D eigenvalue weighted by atomic mass is 31.2. The van der Waals surface area contributed by atoms with Gasteiger partial charge in [-0.05, 0) is 0 Å². The molecule has 0 N–H and O–H groups in total. The predicted molar refractivity (Wildman–Crippen MR) is 67.4 cm³/mol. The van der Waals surface area contributed by atoms with Gasteiger partial charge < -0.3 is 14.0 Å². The van der Waals surface area contributed by atoms with Gasteiger partial charge in [0.15, 0.2) is 0 Å². The molecule has 0 aliphatic carbocycles. The molecule has 0 heterocycles. The minimum absolute atomic E-state index is 0.303. The Morgan fingerprint density at radius 2 is 1.44 bits per heavy atom. The van der Waals surface area contributed by atoms with E-state index in [1.807, 2.05) is 0 Å². The lowest BCUT2D eigenvalue weighted by Crippen LogP contribution is -2.21. The average molecular weight is 270 g/mol. The summed E-state index contributed by atoms with van der Waals surface area (Å²) in [4.78, 5) is 22.6. The van der Waals surface area contributed by atoms with Gasteiger partial charge in [-0.3, -0.25) is 9.59 Å². The van der Waals surface area contributed by atoms with Crippen molar-refractivity contribution in [1.29, 1.82) is 0 Å². The van der Waals surface area contributed by atoms with Crippen LogP contribution in [0.25, 0.3) is 0 Å². The van der Waals surface area contributed by atoms with E-state index in [2.05, 4.69) is 9.47 Å². The summed E-state index contributed by atoms with van der Waals surface area (Å²) in [5.41, 5.74) is 0. The summed E-state index contributed by atoms with van der Waals surface area (Å²) in [6.45, 7) is 0. The molecule has 18 heavy (non-hydrogen) atoms. The molecule has 0 saturated carbocycles. The van der Waals surface area contributed by atoms with E-state index in [-0.39, 0.29) is 12.3 Å². The molecule has 0 bridgehead atoms. The summed E-state index contributed by atoms with van der Waals surface area (Å²) in [7, 11) is -0.730. The standard InChI is InChI=1S/C12H15O5P/c1-16-11(13)8-18(15,9-12(14)17-2)10-6-4-3-5-7-10/h3-7H,8-9H2,1-2H3. The fraction of sp³-hybridized carbons (Fsp3) is 0.333. The monoisotopic (exact) mass is 270 g/mol. The number of methoxy groups -OCH3 is 2. The predicted octanol–water partition coefficient (Wildman–Crippen LogP) is 1.02. The molecule has 5 nitrogen and oxygen atoms in total. The van der Waals surface area contributed by atoms with Crippen molar-refractivity contribution in [2.24, 2.45) is 0 Å². The average Bonchev–Trinajstić information content (AvgIpc) is 2.39. The third kappa shape index (κ3) is 3.70. The number of rotatable bonds is 5. The van der Waals surface area contributed by atoms with Crippen LogP contribution in [0.5, 0.6) is 0 Å². The van der Waals surface area contributed by atoms with Gasteiger partial charge in [0.05, 0.1) is 14.2 Å². The Morgan fingerprint density at radius 1 is 1.00 bits per heavy atom. The number of hydrogen-bond donors (Lipinski definition) is 0. The second-order valence-electron chi connectivity index (χ2n) is 3.69. The summed E-state index contributed by atoms with van der Waals surface area (Å²) >= 11 is 0. The van der Waals surface area contributed by atoms with Crippen LogP contribution in [-0.2, 0) is 23.6 Å². The maximum absolute atomic E-state index is 12.8. The van der Waals surface area contributed by atoms with E-state index >= 15 is 0 Å². The van der Waals surface area contributed by atoms with Crippen LogP contribution in [0, 0.1) is 0 Å². The van der Waals surface area contributed by atoms with Crippen molar-refractivity contribution >= 4 is 24.4 Å². The fourth-order valence-electron chi connectivity index (χ4n) is 1.48. The lowest BCUT2D eigenvalue weighted by molar-refractivity contribution is -0.137. The molecule has 0 unspecified atom stereocenters. The van der Waals surface area contributed by atoms with Crippen molar-refractivity contribution in [3.8, 4) is 0 Å². The molecule has 0 saturated heterocycles. The number of hydrogen-bond acceptors (Lipinski definition) is 5. The summed E-state index contributed by atoms with van der Waals surface area (Å²) in [5, 5.41) is 0.473. The molecule has 0 amide bonds. The maximum Gasteiger partial charge on any atom is 0.313 e. The molecule has 0 aromatic heterocycles. The van der Waals surface area contributed by atoms with Crippen LogP contribution >= 0.6 is 7.14 Å². The van der Waals surface area contributed by atoms with Crippen LogP contribution < -0.4 is 5.30 Å². The van der Waals surface area contributed by atoms with Crippen molar-refractivity contribution in [3.05, 3.63) is 30.3 Å². The molecule has 6 heteroatoms. The van der Waals surface area contributed by atoms with Gasteiger partial charge in [-0.15, -0.1) is 0 Å². The quantitative estimate of drug-likeness (QED) is 0.590. The highest BCUT2D eigenvalue weighted by molar-refractivity contribution is 7.73. The van der Waals surface area contributed by atoms with Crippen LogP contribution in [0.3, 0.4) is 0 Å². The highest BCUT2D eigenvalue weighted by Crippen LogP contribution is 2.44. The Balaban J connectivity index is 3.05. The Kier molecular flexibility index (Phi) is 5.10. The Morgan fingerprint density at radius 3 is 1.83 bits per heavy atom.